The third-order valence-corrected chi connectivity index (χ3v) is 7.73. The lowest BCUT2D eigenvalue weighted by molar-refractivity contribution is 0.245. The van der Waals surface area contributed by atoms with Crippen LogP contribution in [0.4, 0.5) is 0 Å². The molecule has 3 heterocycles. The number of nitrogens with zero attached hydrogens (tertiary/aromatic N) is 3. The summed E-state index contributed by atoms with van der Waals surface area (Å²) in [6.07, 6.45) is 6.84. The van der Waals surface area contributed by atoms with Gasteiger partial charge in [-0.1, -0.05) is 31.0 Å². The van der Waals surface area contributed by atoms with E-state index in [2.05, 4.69) is 87.0 Å². The van der Waals surface area contributed by atoms with Crippen molar-refractivity contribution in [2.45, 2.75) is 57.7 Å². The first kappa shape index (κ1) is 20.7. The lowest BCUT2D eigenvalue weighted by Gasteiger charge is -2.33. The van der Waals surface area contributed by atoms with Gasteiger partial charge in [-0.2, -0.15) is 0 Å². The Morgan fingerprint density at radius 1 is 1.06 bits per heavy atom. The summed E-state index contributed by atoms with van der Waals surface area (Å²) in [6, 6.07) is 17.6. The SMILES string of the molecule is Cc1cc([C@H]2[C@H](c3ccccn3)NC(=S)N2C2CCCC2)c(C)n1-c1ccccc1Br. The van der Waals surface area contributed by atoms with Crippen LogP contribution in [0.2, 0.25) is 0 Å². The minimum absolute atomic E-state index is 0.0439. The first-order valence-corrected chi connectivity index (χ1v) is 12.2. The van der Waals surface area contributed by atoms with E-state index in [0.717, 1.165) is 15.3 Å². The summed E-state index contributed by atoms with van der Waals surface area (Å²) in [6.45, 7) is 4.41. The molecule has 1 N–H and O–H groups in total. The van der Waals surface area contributed by atoms with E-state index in [-0.39, 0.29) is 12.1 Å². The van der Waals surface area contributed by atoms with Gasteiger partial charge in [0, 0.05) is 28.1 Å². The van der Waals surface area contributed by atoms with Gasteiger partial charge in [-0.3, -0.25) is 4.98 Å². The lowest BCUT2D eigenvalue weighted by Crippen LogP contribution is -2.37. The van der Waals surface area contributed by atoms with E-state index >= 15 is 0 Å². The fourth-order valence-electron chi connectivity index (χ4n) is 5.36. The number of benzene rings is 1. The second kappa shape index (κ2) is 8.40. The smallest absolute Gasteiger partial charge is 0.170 e. The highest BCUT2D eigenvalue weighted by Crippen LogP contribution is 2.45. The van der Waals surface area contributed by atoms with Crippen molar-refractivity contribution in [3.05, 3.63) is 81.8 Å². The summed E-state index contributed by atoms with van der Waals surface area (Å²) in [5.74, 6) is 0. The Balaban J connectivity index is 1.65. The van der Waals surface area contributed by atoms with E-state index in [1.165, 1.54) is 48.3 Å². The van der Waals surface area contributed by atoms with Crippen LogP contribution < -0.4 is 5.32 Å². The van der Waals surface area contributed by atoms with Crippen LogP contribution in [0.3, 0.4) is 0 Å². The van der Waals surface area contributed by atoms with Crippen molar-refractivity contribution in [3.63, 3.8) is 0 Å². The standard InChI is InChI=1S/C25H27BrN4S/c1-16-15-19(17(2)29(16)22-13-6-5-11-20(22)26)24-23(21-12-7-8-14-27-21)28-25(31)30(24)18-9-3-4-10-18/h5-8,11-15,18,23-24H,3-4,9-10H2,1-2H3,(H,28,31)/t23-,24-/m0/s1. The molecule has 2 aromatic heterocycles. The zero-order valence-electron chi connectivity index (χ0n) is 17.9. The Morgan fingerprint density at radius 3 is 2.52 bits per heavy atom. The Bertz CT molecular complexity index is 1100. The minimum Gasteiger partial charge on any atom is -0.352 e. The minimum atomic E-state index is 0.0439. The molecule has 3 aromatic rings. The third-order valence-electron chi connectivity index (χ3n) is 6.74. The highest BCUT2D eigenvalue weighted by atomic mass is 79.9. The average Bonchev–Trinajstić information content (AvgIpc) is 3.47. The first-order valence-electron chi connectivity index (χ1n) is 11.0. The van der Waals surface area contributed by atoms with Gasteiger partial charge in [0.05, 0.1) is 23.5 Å². The monoisotopic (exact) mass is 494 g/mol. The number of hydrogen-bond donors (Lipinski definition) is 1. The van der Waals surface area contributed by atoms with E-state index in [9.17, 15) is 0 Å². The molecule has 1 saturated heterocycles. The summed E-state index contributed by atoms with van der Waals surface area (Å²) >= 11 is 9.64. The van der Waals surface area contributed by atoms with Crippen LogP contribution in [0.25, 0.3) is 5.69 Å². The Hall–Kier alpha value is -2.18. The highest BCUT2D eigenvalue weighted by molar-refractivity contribution is 9.10. The molecule has 4 nitrogen and oxygen atoms in total. The number of para-hydroxylation sites is 1. The van der Waals surface area contributed by atoms with E-state index < -0.39 is 0 Å². The molecule has 31 heavy (non-hydrogen) atoms. The number of pyridine rings is 1. The highest BCUT2D eigenvalue weighted by Gasteiger charge is 2.44. The molecule has 6 heteroatoms. The van der Waals surface area contributed by atoms with Crippen LogP contribution in [-0.4, -0.2) is 25.6 Å². The van der Waals surface area contributed by atoms with Gasteiger partial charge in [-0.15, -0.1) is 0 Å². The van der Waals surface area contributed by atoms with Gasteiger partial charge >= 0.3 is 0 Å². The van der Waals surface area contributed by atoms with Crippen molar-refractivity contribution in [2.75, 3.05) is 0 Å². The largest absolute Gasteiger partial charge is 0.352 e. The van der Waals surface area contributed by atoms with Gasteiger partial charge in [-0.25, -0.2) is 0 Å². The van der Waals surface area contributed by atoms with Gasteiger partial charge in [0.25, 0.3) is 0 Å². The number of hydrogen-bond acceptors (Lipinski definition) is 2. The van der Waals surface area contributed by atoms with Gasteiger partial charge in [0.15, 0.2) is 5.11 Å². The quantitative estimate of drug-likeness (QED) is 0.439. The van der Waals surface area contributed by atoms with Crippen molar-refractivity contribution >= 4 is 33.3 Å². The summed E-state index contributed by atoms with van der Waals surface area (Å²) in [5, 5.41) is 4.49. The van der Waals surface area contributed by atoms with E-state index in [1.807, 2.05) is 12.3 Å². The Labute approximate surface area is 197 Å². The number of rotatable bonds is 4. The Morgan fingerprint density at radius 2 is 1.81 bits per heavy atom. The molecule has 160 valence electrons. The van der Waals surface area contributed by atoms with Gasteiger partial charge in [-0.05, 0) is 90.7 Å². The molecule has 0 bridgehead atoms. The van der Waals surface area contributed by atoms with E-state index in [0.29, 0.717) is 6.04 Å². The van der Waals surface area contributed by atoms with Crippen LogP contribution >= 0.6 is 28.1 Å². The van der Waals surface area contributed by atoms with Crippen LogP contribution in [0.1, 0.15) is 60.4 Å². The number of aryl methyl sites for hydroxylation is 1. The molecule has 2 atom stereocenters. The predicted octanol–water partition coefficient (Wildman–Crippen LogP) is 6.17. The summed E-state index contributed by atoms with van der Waals surface area (Å²) in [5.41, 5.74) is 6.01. The topological polar surface area (TPSA) is 33.1 Å². The molecule has 0 radical (unpaired) electrons. The second-order valence-corrected chi connectivity index (χ2v) is 9.83. The van der Waals surface area contributed by atoms with Crippen LogP contribution in [0, 0.1) is 13.8 Å². The summed E-state index contributed by atoms with van der Waals surface area (Å²) in [7, 11) is 0. The Kier molecular flexibility index (Phi) is 5.61. The molecule has 1 saturated carbocycles. The van der Waals surface area contributed by atoms with Gasteiger partial charge < -0.3 is 14.8 Å². The number of halogens is 1. The molecule has 1 aliphatic carbocycles. The molecule has 0 unspecified atom stereocenters. The maximum absolute atomic E-state index is 5.90. The third kappa shape index (κ3) is 3.60. The lowest BCUT2D eigenvalue weighted by atomic mass is 9.95. The maximum Gasteiger partial charge on any atom is 0.170 e. The molecule has 1 aliphatic heterocycles. The molecule has 1 aromatic carbocycles. The van der Waals surface area contributed by atoms with Crippen LogP contribution in [0.5, 0.6) is 0 Å². The number of thiocarbonyl (C=S) groups is 1. The van der Waals surface area contributed by atoms with Crippen LogP contribution in [-0.2, 0) is 0 Å². The van der Waals surface area contributed by atoms with Crippen molar-refractivity contribution in [3.8, 4) is 5.69 Å². The fourth-order valence-corrected chi connectivity index (χ4v) is 6.22. The van der Waals surface area contributed by atoms with Crippen molar-refractivity contribution in [1.82, 2.24) is 19.8 Å². The second-order valence-electron chi connectivity index (χ2n) is 8.59. The van der Waals surface area contributed by atoms with Gasteiger partial charge in [0.2, 0.25) is 0 Å². The number of nitrogens with one attached hydrogen (secondary N) is 1. The maximum atomic E-state index is 5.90. The zero-order valence-corrected chi connectivity index (χ0v) is 20.3. The normalized spacial score (nSPS) is 21.6. The van der Waals surface area contributed by atoms with Gasteiger partial charge in [0.1, 0.15) is 0 Å². The van der Waals surface area contributed by atoms with E-state index in [1.54, 1.807) is 0 Å². The molecule has 5 rings (SSSR count). The molecule has 0 spiro atoms. The van der Waals surface area contributed by atoms with E-state index in [4.69, 9.17) is 17.2 Å². The number of aromatic nitrogens is 2. The molecule has 2 fully saturated rings. The fraction of sp³-hybridized carbons (Fsp3) is 0.360. The molecule has 0 amide bonds. The summed E-state index contributed by atoms with van der Waals surface area (Å²) < 4.78 is 3.45. The average molecular weight is 495 g/mol. The predicted molar refractivity (Wildman–Crippen MR) is 132 cm³/mol. The summed E-state index contributed by atoms with van der Waals surface area (Å²) in [4.78, 5) is 7.18. The van der Waals surface area contributed by atoms with Crippen molar-refractivity contribution in [1.29, 1.82) is 0 Å². The first-order chi connectivity index (χ1) is 15.1. The van der Waals surface area contributed by atoms with Crippen molar-refractivity contribution in [2.24, 2.45) is 0 Å². The van der Waals surface area contributed by atoms with Crippen LogP contribution in [0.15, 0.2) is 59.2 Å². The van der Waals surface area contributed by atoms with Crippen molar-refractivity contribution < 1.29 is 0 Å². The molecular formula is C25H27BrN4S. The molecular weight excluding hydrogens is 468 g/mol. The molecule has 2 aliphatic rings. The zero-order chi connectivity index (χ0) is 21.5.